The highest BCUT2D eigenvalue weighted by atomic mass is 19.1. The molecule has 134 valence electrons. The van der Waals surface area contributed by atoms with Crippen molar-refractivity contribution in [2.75, 3.05) is 0 Å². The predicted molar refractivity (Wildman–Crippen MR) is 104 cm³/mol. The van der Waals surface area contributed by atoms with Crippen molar-refractivity contribution in [3.63, 3.8) is 0 Å². The van der Waals surface area contributed by atoms with Gasteiger partial charge in [-0.15, -0.1) is 0 Å². The molecule has 0 heterocycles. The van der Waals surface area contributed by atoms with Crippen LogP contribution in [0.3, 0.4) is 0 Å². The molecule has 0 amide bonds. The van der Waals surface area contributed by atoms with E-state index in [2.05, 4.69) is 36.9 Å². The lowest BCUT2D eigenvalue weighted by atomic mass is 9.78. The number of halogens is 2. The van der Waals surface area contributed by atoms with Crippen molar-refractivity contribution in [2.45, 2.75) is 44.2 Å². The molecule has 2 heteroatoms. The van der Waals surface area contributed by atoms with Crippen molar-refractivity contribution in [1.29, 1.82) is 0 Å². The van der Waals surface area contributed by atoms with Crippen molar-refractivity contribution < 1.29 is 8.78 Å². The molecule has 2 aliphatic rings. The van der Waals surface area contributed by atoms with E-state index in [4.69, 9.17) is 0 Å². The minimum absolute atomic E-state index is 0.199. The molecule has 2 aromatic carbocycles. The zero-order chi connectivity index (χ0) is 18.1. The highest BCUT2D eigenvalue weighted by Crippen LogP contribution is 2.39. The Labute approximate surface area is 154 Å². The first-order chi connectivity index (χ1) is 12.6. The van der Waals surface area contributed by atoms with E-state index in [0.29, 0.717) is 18.8 Å². The van der Waals surface area contributed by atoms with Gasteiger partial charge in [-0.05, 0) is 84.0 Å². The molecule has 1 fully saturated rings. The van der Waals surface area contributed by atoms with Crippen molar-refractivity contribution >= 4 is 11.6 Å². The van der Waals surface area contributed by atoms with Crippen LogP contribution in [-0.4, -0.2) is 6.17 Å². The highest BCUT2D eigenvalue weighted by Gasteiger charge is 2.24. The van der Waals surface area contributed by atoms with Gasteiger partial charge < -0.3 is 0 Å². The molecule has 0 aliphatic heterocycles. The maximum atomic E-state index is 13.4. The highest BCUT2D eigenvalue weighted by molar-refractivity contribution is 5.71. The number of hydrogen-bond donors (Lipinski definition) is 0. The molecule has 0 saturated heterocycles. The molecule has 1 unspecified atom stereocenters. The lowest BCUT2D eigenvalue weighted by molar-refractivity contribution is 0.230. The van der Waals surface area contributed by atoms with Crippen LogP contribution in [0.2, 0.25) is 0 Å². The number of fused-ring (bicyclic) bond motifs is 1. The van der Waals surface area contributed by atoms with Crippen LogP contribution in [0, 0.1) is 11.7 Å². The van der Waals surface area contributed by atoms with Crippen LogP contribution in [0.25, 0.3) is 11.6 Å². The van der Waals surface area contributed by atoms with Gasteiger partial charge in [0.1, 0.15) is 12.0 Å². The fourth-order valence-corrected chi connectivity index (χ4v) is 4.34. The van der Waals surface area contributed by atoms with Crippen LogP contribution in [0.4, 0.5) is 8.78 Å². The van der Waals surface area contributed by atoms with E-state index in [0.717, 1.165) is 36.0 Å². The van der Waals surface area contributed by atoms with Gasteiger partial charge in [0.15, 0.2) is 0 Å². The molecule has 0 N–H and O–H groups in total. The summed E-state index contributed by atoms with van der Waals surface area (Å²) < 4.78 is 26.7. The average molecular weight is 350 g/mol. The van der Waals surface area contributed by atoms with Gasteiger partial charge >= 0.3 is 0 Å². The third kappa shape index (κ3) is 3.38. The normalized spacial score (nSPS) is 24.9. The molecule has 26 heavy (non-hydrogen) atoms. The fraction of sp³-hybridized carbons (Fsp3) is 0.333. The van der Waals surface area contributed by atoms with Gasteiger partial charge in [0, 0.05) is 5.92 Å². The van der Waals surface area contributed by atoms with Gasteiger partial charge in [0.05, 0.1) is 0 Å². The number of allylic oxidation sites excluding steroid dienone is 2. The summed E-state index contributed by atoms with van der Waals surface area (Å²) in [5.41, 5.74) is 5.93. The van der Waals surface area contributed by atoms with Crippen molar-refractivity contribution in [1.82, 2.24) is 0 Å². The predicted octanol–water partition coefficient (Wildman–Crippen LogP) is 6.92. The molecule has 1 atom stereocenters. The largest absolute Gasteiger partial charge is 0.247 e. The first-order valence-corrected chi connectivity index (χ1v) is 9.51. The Kier molecular flexibility index (Phi) is 4.76. The zero-order valence-corrected chi connectivity index (χ0v) is 14.9. The number of alkyl halides is 1. The lowest BCUT2D eigenvalue weighted by Gasteiger charge is -2.27. The summed E-state index contributed by atoms with van der Waals surface area (Å²) in [6, 6.07) is 13.4. The van der Waals surface area contributed by atoms with E-state index in [1.165, 1.54) is 23.3 Å². The van der Waals surface area contributed by atoms with Gasteiger partial charge in [-0.2, -0.15) is 0 Å². The maximum Gasteiger partial charge on any atom is 0.123 e. The molecule has 2 aliphatic carbocycles. The summed E-state index contributed by atoms with van der Waals surface area (Å²) >= 11 is 0. The lowest BCUT2D eigenvalue weighted by Crippen LogP contribution is -2.16. The molecule has 0 radical (unpaired) electrons. The number of benzene rings is 2. The summed E-state index contributed by atoms with van der Waals surface area (Å²) in [4.78, 5) is 0. The van der Waals surface area contributed by atoms with Gasteiger partial charge in [0.25, 0.3) is 0 Å². The Morgan fingerprint density at radius 1 is 0.962 bits per heavy atom. The fourth-order valence-electron chi connectivity index (χ4n) is 4.34. The van der Waals surface area contributed by atoms with Crippen LogP contribution in [0.15, 0.2) is 55.1 Å². The molecule has 4 rings (SSSR count). The van der Waals surface area contributed by atoms with Crippen LogP contribution in [0.1, 0.15) is 60.3 Å². The number of rotatable bonds is 3. The Balaban J connectivity index is 1.59. The summed E-state index contributed by atoms with van der Waals surface area (Å²) in [6.07, 6.45) is 7.75. The Hall–Kier alpha value is -2.22. The third-order valence-electron chi connectivity index (χ3n) is 5.92. The first-order valence-electron chi connectivity index (χ1n) is 9.51. The van der Waals surface area contributed by atoms with Gasteiger partial charge in [0.2, 0.25) is 0 Å². The summed E-state index contributed by atoms with van der Waals surface area (Å²) in [7, 11) is 0. The van der Waals surface area contributed by atoms with E-state index < -0.39 is 6.17 Å². The second-order valence-electron chi connectivity index (χ2n) is 7.56. The van der Waals surface area contributed by atoms with Crippen molar-refractivity contribution in [3.8, 4) is 0 Å². The molecule has 1 saturated carbocycles. The standard InChI is InChI=1S/C24H24F2/c1-16(17-5-10-21(25)11-6-17)19-9-14-24-20(15-19)3-2-4-23(24)18-7-12-22(26)13-8-18/h2-3,7-9,12-15,17,21,23H,1,4-6,10-11H2. The zero-order valence-electron chi connectivity index (χ0n) is 14.9. The van der Waals surface area contributed by atoms with Crippen LogP contribution >= 0.6 is 0 Å². The summed E-state index contributed by atoms with van der Waals surface area (Å²) in [6.45, 7) is 4.32. The summed E-state index contributed by atoms with van der Waals surface area (Å²) in [5, 5.41) is 0. The average Bonchev–Trinajstić information content (AvgIpc) is 2.68. The van der Waals surface area contributed by atoms with Crippen LogP contribution < -0.4 is 0 Å². The molecule has 0 spiro atoms. The minimum atomic E-state index is -0.637. The Morgan fingerprint density at radius 3 is 2.42 bits per heavy atom. The van der Waals surface area contributed by atoms with E-state index in [1.54, 1.807) is 0 Å². The van der Waals surface area contributed by atoms with Crippen molar-refractivity contribution in [2.24, 2.45) is 5.92 Å². The van der Waals surface area contributed by atoms with E-state index in [1.807, 2.05) is 12.1 Å². The Morgan fingerprint density at radius 2 is 1.69 bits per heavy atom. The molecule has 0 bridgehead atoms. The van der Waals surface area contributed by atoms with Crippen LogP contribution in [0.5, 0.6) is 0 Å². The summed E-state index contributed by atoms with van der Waals surface area (Å²) in [5.74, 6) is 0.454. The van der Waals surface area contributed by atoms with Gasteiger partial charge in [-0.25, -0.2) is 8.78 Å². The monoisotopic (exact) mass is 350 g/mol. The van der Waals surface area contributed by atoms with E-state index in [-0.39, 0.29) is 11.7 Å². The van der Waals surface area contributed by atoms with Gasteiger partial charge in [-0.1, -0.05) is 43.0 Å². The molecule has 2 aromatic rings. The van der Waals surface area contributed by atoms with E-state index >= 15 is 0 Å². The maximum absolute atomic E-state index is 13.4. The topological polar surface area (TPSA) is 0 Å². The SMILES string of the molecule is C=C(c1ccc2c(c1)C=CCC2c1ccc(F)cc1)C1CCC(F)CC1. The quantitative estimate of drug-likeness (QED) is 0.564. The second-order valence-corrected chi connectivity index (χ2v) is 7.56. The molecular formula is C24H24F2. The molecular weight excluding hydrogens is 326 g/mol. The van der Waals surface area contributed by atoms with E-state index in [9.17, 15) is 8.78 Å². The molecule has 0 nitrogen and oxygen atoms in total. The van der Waals surface area contributed by atoms with Crippen LogP contribution in [-0.2, 0) is 0 Å². The smallest absolute Gasteiger partial charge is 0.123 e. The third-order valence-corrected chi connectivity index (χ3v) is 5.92. The van der Waals surface area contributed by atoms with Gasteiger partial charge in [-0.3, -0.25) is 0 Å². The Bertz CT molecular complexity index is 824. The minimum Gasteiger partial charge on any atom is -0.247 e. The first kappa shape index (κ1) is 17.2. The second kappa shape index (κ2) is 7.19. The molecule has 0 aromatic heterocycles. The number of hydrogen-bond acceptors (Lipinski definition) is 0. The van der Waals surface area contributed by atoms with Crippen molar-refractivity contribution in [3.05, 3.63) is 83.2 Å².